The van der Waals surface area contributed by atoms with E-state index in [0.29, 0.717) is 29.9 Å². The number of rotatable bonds is 4. The highest BCUT2D eigenvalue weighted by atomic mass is 16.4. The van der Waals surface area contributed by atoms with E-state index < -0.39 is 0 Å². The maximum atomic E-state index is 9.06. The van der Waals surface area contributed by atoms with Gasteiger partial charge in [0.2, 0.25) is 0 Å². The van der Waals surface area contributed by atoms with Crippen molar-refractivity contribution >= 4 is 22.8 Å². The van der Waals surface area contributed by atoms with Gasteiger partial charge in [0.15, 0.2) is 5.58 Å². The number of nitrogens with two attached hydrogens (primary N) is 1. The summed E-state index contributed by atoms with van der Waals surface area (Å²) in [7, 11) is 0. The Morgan fingerprint density at radius 2 is 2.29 bits per heavy atom. The van der Waals surface area contributed by atoms with E-state index in [0.717, 1.165) is 18.4 Å². The van der Waals surface area contributed by atoms with Crippen LogP contribution in [0.15, 0.2) is 22.6 Å². The summed E-state index contributed by atoms with van der Waals surface area (Å²) in [5.74, 6) is 0. The molecule has 1 aliphatic rings. The SMILES string of the molecule is Nc1ccc2nc(N(CCO)C3CC3)oc2c1. The van der Waals surface area contributed by atoms with Crippen molar-refractivity contribution in [2.24, 2.45) is 0 Å². The number of aromatic nitrogens is 1. The fourth-order valence-electron chi connectivity index (χ4n) is 1.98. The highest BCUT2D eigenvalue weighted by molar-refractivity contribution is 5.78. The van der Waals surface area contributed by atoms with Gasteiger partial charge in [-0.3, -0.25) is 0 Å². The van der Waals surface area contributed by atoms with Gasteiger partial charge in [0.25, 0.3) is 6.01 Å². The Bertz CT molecular complexity index is 534. The highest BCUT2D eigenvalue weighted by Gasteiger charge is 2.31. The number of hydrogen-bond acceptors (Lipinski definition) is 5. The van der Waals surface area contributed by atoms with Gasteiger partial charge >= 0.3 is 0 Å². The largest absolute Gasteiger partial charge is 0.423 e. The molecule has 1 heterocycles. The van der Waals surface area contributed by atoms with E-state index in [1.54, 1.807) is 6.07 Å². The van der Waals surface area contributed by atoms with E-state index in [4.69, 9.17) is 15.3 Å². The maximum absolute atomic E-state index is 9.06. The average molecular weight is 233 g/mol. The predicted molar refractivity (Wildman–Crippen MR) is 65.9 cm³/mol. The lowest BCUT2D eigenvalue weighted by atomic mass is 10.3. The maximum Gasteiger partial charge on any atom is 0.298 e. The van der Waals surface area contributed by atoms with Gasteiger partial charge in [-0.25, -0.2) is 0 Å². The summed E-state index contributed by atoms with van der Waals surface area (Å²) in [4.78, 5) is 6.45. The van der Waals surface area contributed by atoms with Crippen LogP contribution in [0.25, 0.3) is 11.1 Å². The van der Waals surface area contributed by atoms with Gasteiger partial charge in [0.1, 0.15) is 5.52 Å². The third-order valence-electron chi connectivity index (χ3n) is 2.98. The zero-order valence-electron chi connectivity index (χ0n) is 9.47. The standard InChI is InChI=1S/C12H15N3O2/c13-8-1-4-10-11(7-8)17-12(14-10)15(5-6-16)9-2-3-9/h1,4,7,9,16H,2-3,5-6,13H2. The van der Waals surface area contributed by atoms with Gasteiger partial charge in [-0.2, -0.15) is 4.98 Å². The first-order valence-corrected chi connectivity index (χ1v) is 5.81. The van der Waals surface area contributed by atoms with E-state index in [1.807, 2.05) is 17.0 Å². The minimum absolute atomic E-state index is 0.108. The first-order valence-electron chi connectivity index (χ1n) is 5.81. The number of anilines is 2. The van der Waals surface area contributed by atoms with Crippen LogP contribution in [0.5, 0.6) is 0 Å². The van der Waals surface area contributed by atoms with E-state index >= 15 is 0 Å². The lowest BCUT2D eigenvalue weighted by Crippen LogP contribution is -2.29. The molecule has 0 spiro atoms. The second-order valence-electron chi connectivity index (χ2n) is 4.37. The summed E-state index contributed by atoms with van der Waals surface area (Å²) in [6.07, 6.45) is 2.28. The van der Waals surface area contributed by atoms with Crippen molar-refractivity contribution in [1.29, 1.82) is 0 Å². The van der Waals surface area contributed by atoms with Gasteiger partial charge in [-0.1, -0.05) is 0 Å². The average Bonchev–Trinajstić information content (AvgIpc) is 3.05. The quantitative estimate of drug-likeness (QED) is 0.780. The molecule has 0 bridgehead atoms. The predicted octanol–water partition coefficient (Wildman–Crippen LogP) is 1.37. The molecule has 1 aliphatic carbocycles. The lowest BCUT2D eigenvalue weighted by Gasteiger charge is -2.18. The van der Waals surface area contributed by atoms with Crippen LogP contribution >= 0.6 is 0 Å². The molecular weight excluding hydrogens is 218 g/mol. The van der Waals surface area contributed by atoms with Crippen molar-refractivity contribution in [3.8, 4) is 0 Å². The molecule has 3 rings (SSSR count). The molecule has 0 unspecified atom stereocenters. The highest BCUT2D eigenvalue weighted by Crippen LogP contribution is 2.32. The molecule has 90 valence electrons. The Morgan fingerprint density at radius 1 is 1.47 bits per heavy atom. The normalized spacial score (nSPS) is 15.4. The van der Waals surface area contributed by atoms with Crippen molar-refractivity contribution in [3.05, 3.63) is 18.2 Å². The van der Waals surface area contributed by atoms with E-state index in [-0.39, 0.29) is 6.61 Å². The third-order valence-corrected chi connectivity index (χ3v) is 2.98. The number of aliphatic hydroxyl groups excluding tert-OH is 1. The number of aliphatic hydroxyl groups is 1. The van der Waals surface area contributed by atoms with Crippen LogP contribution < -0.4 is 10.6 Å². The fourth-order valence-corrected chi connectivity index (χ4v) is 1.98. The minimum Gasteiger partial charge on any atom is -0.423 e. The number of benzene rings is 1. The second-order valence-corrected chi connectivity index (χ2v) is 4.37. The van der Waals surface area contributed by atoms with Crippen LogP contribution in [0.4, 0.5) is 11.7 Å². The van der Waals surface area contributed by atoms with Gasteiger partial charge in [0.05, 0.1) is 6.61 Å². The Kier molecular flexibility index (Phi) is 2.40. The number of hydrogen-bond donors (Lipinski definition) is 2. The minimum atomic E-state index is 0.108. The molecule has 17 heavy (non-hydrogen) atoms. The Labute approximate surface area is 98.8 Å². The molecule has 0 radical (unpaired) electrons. The molecule has 0 saturated heterocycles. The van der Waals surface area contributed by atoms with Crippen molar-refractivity contribution in [2.75, 3.05) is 23.8 Å². The summed E-state index contributed by atoms with van der Waals surface area (Å²) in [5, 5.41) is 9.06. The van der Waals surface area contributed by atoms with Gasteiger partial charge in [-0.15, -0.1) is 0 Å². The van der Waals surface area contributed by atoms with Gasteiger partial charge < -0.3 is 20.2 Å². The molecule has 3 N–H and O–H groups in total. The molecule has 1 aromatic heterocycles. The summed E-state index contributed by atoms with van der Waals surface area (Å²) in [5.41, 5.74) is 7.87. The summed E-state index contributed by atoms with van der Waals surface area (Å²) in [6, 6.07) is 6.48. The fraction of sp³-hybridized carbons (Fsp3) is 0.417. The van der Waals surface area contributed by atoms with E-state index in [9.17, 15) is 0 Å². The molecule has 2 aromatic rings. The van der Waals surface area contributed by atoms with E-state index in [1.165, 1.54) is 0 Å². The zero-order valence-corrected chi connectivity index (χ0v) is 9.47. The summed E-state index contributed by atoms with van der Waals surface area (Å²) >= 11 is 0. The van der Waals surface area contributed by atoms with Crippen molar-refractivity contribution < 1.29 is 9.52 Å². The van der Waals surface area contributed by atoms with Crippen molar-refractivity contribution in [1.82, 2.24) is 4.98 Å². The van der Waals surface area contributed by atoms with Crippen molar-refractivity contribution in [3.63, 3.8) is 0 Å². The molecule has 1 fully saturated rings. The van der Waals surface area contributed by atoms with Crippen LogP contribution in [-0.2, 0) is 0 Å². The van der Waals surface area contributed by atoms with Gasteiger partial charge in [0, 0.05) is 24.3 Å². The van der Waals surface area contributed by atoms with Crippen LogP contribution in [0.1, 0.15) is 12.8 Å². The van der Waals surface area contributed by atoms with E-state index in [2.05, 4.69) is 4.98 Å². The van der Waals surface area contributed by atoms with Crippen LogP contribution in [-0.4, -0.2) is 29.3 Å². The molecule has 1 aromatic carbocycles. The number of nitrogen functional groups attached to an aromatic ring is 1. The smallest absolute Gasteiger partial charge is 0.298 e. The molecule has 5 nitrogen and oxygen atoms in total. The Balaban J connectivity index is 1.98. The lowest BCUT2D eigenvalue weighted by molar-refractivity contribution is 0.298. The zero-order chi connectivity index (χ0) is 11.8. The monoisotopic (exact) mass is 233 g/mol. The topological polar surface area (TPSA) is 75.5 Å². The molecule has 5 heteroatoms. The molecule has 0 atom stereocenters. The second kappa shape index (κ2) is 3.92. The van der Waals surface area contributed by atoms with Crippen LogP contribution in [0, 0.1) is 0 Å². The molecule has 1 saturated carbocycles. The Morgan fingerprint density at radius 3 is 3.00 bits per heavy atom. The van der Waals surface area contributed by atoms with Crippen molar-refractivity contribution in [2.45, 2.75) is 18.9 Å². The third kappa shape index (κ3) is 1.93. The summed E-state index contributed by atoms with van der Waals surface area (Å²) < 4.78 is 5.69. The molecular formula is C12H15N3O2. The number of nitrogens with zero attached hydrogens (tertiary/aromatic N) is 2. The van der Waals surface area contributed by atoms with Crippen LogP contribution in [0.3, 0.4) is 0 Å². The molecule has 0 aliphatic heterocycles. The first kappa shape index (κ1) is 10.4. The number of fused-ring (bicyclic) bond motifs is 1. The number of oxazole rings is 1. The first-order chi connectivity index (χ1) is 8.28. The molecule has 0 amide bonds. The van der Waals surface area contributed by atoms with Crippen LogP contribution in [0.2, 0.25) is 0 Å². The van der Waals surface area contributed by atoms with Gasteiger partial charge in [-0.05, 0) is 25.0 Å². The Hall–Kier alpha value is -1.75. The summed E-state index contributed by atoms with van der Waals surface area (Å²) in [6.45, 7) is 0.671.